The fourth-order valence-electron chi connectivity index (χ4n) is 2.19. The third kappa shape index (κ3) is 4.93. The van der Waals surface area contributed by atoms with Crippen LogP contribution in [0.15, 0.2) is 36.4 Å². The zero-order chi connectivity index (χ0) is 19.6. The molecule has 0 fully saturated rings. The van der Waals surface area contributed by atoms with Crippen molar-refractivity contribution in [3.8, 4) is 16.3 Å². The van der Waals surface area contributed by atoms with Gasteiger partial charge in [-0.2, -0.15) is 0 Å². The van der Waals surface area contributed by atoms with Gasteiger partial charge in [-0.25, -0.2) is 0 Å². The lowest BCUT2D eigenvalue weighted by Gasteiger charge is -2.06. The topological polar surface area (TPSA) is 104 Å². The Bertz CT molecular complexity index is 1020. The van der Waals surface area contributed by atoms with Gasteiger partial charge in [-0.3, -0.25) is 14.9 Å². The Morgan fingerprint density at radius 2 is 1.78 bits per heavy atom. The van der Waals surface area contributed by atoms with E-state index in [4.69, 9.17) is 0 Å². The molecule has 0 unspecified atom stereocenters. The number of anilines is 2. The van der Waals surface area contributed by atoms with Gasteiger partial charge in [0, 0.05) is 21.7 Å². The summed E-state index contributed by atoms with van der Waals surface area (Å²) >= 11 is 5.28. The molecular weight excluding hydrogens is 594 g/mol. The minimum absolute atomic E-state index is 0.0631. The Morgan fingerprint density at radius 3 is 2.44 bits per heavy atom. The van der Waals surface area contributed by atoms with Crippen LogP contribution in [-0.4, -0.2) is 27.1 Å². The second-order valence-electron chi connectivity index (χ2n) is 5.41. The lowest BCUT2D eigenvalue weighted by Crippen LogP contribution is -2.12. The highest BCUT2D eigenvalue weighted by Crippen LogP contribution is 2.30. The number of aromatic hydroxyl groups is 1. The zero-order valence-corrected chi connectivity index (χ0v) is 18.9. The molecule has 0 aliphatic carbocycles. The molecule has 1 heterocycles. The molecular formula is C17H12I2N4O3S. The van der Waals surface area contributed by atoms with E-state index in [-0.39, 0.29) is 17.2 Å². The molecule has 3 aromatic rings. The molecule has 3 N–H and O–H groups in total. The van der Waals surface area contributed by atoms with Gasteiger partial charge in [0.2, 0.25) is 11.0 Å². The molecule has 7 nitrogen and oxygen atoms in total. The molecule has 0 saturated carbocycles. The van der Waals surface area contributed by atoms with Gasteiger partial charge in [-0.15, -0.1) is 10.2 Å². The van der Waals surface area contributed by atoms with Crippen molar-refractivity contribution in [2.24, 2.45) is 0 Å². The number of carbonyl (C=O) groups is 2. The van der Waals surface area contributed by atoms with Crippen LogP contribution >= 0.6 is 56.5 Å². The second-order valence-corrected chi connectivity index (χ2v) is 8.79. The van der Waals surface area contributed by atoms with Crippen molar-refractivity contribution in [2.45, 2.75) is 6.92 Å². The van der Waals surface area contributed by atoms with Crippen molar-refractivity contribution in [2.75, 3.05) is 10.6 Å². The number of nitrogens with one attached hydrogen (secondary N) is 2. The van der Waals surface area contributed by atoms with Crippen LogP contribution in [-0.2, 0) is 4.79 Å². The molecule has 27 heavy (non-hydrogen) atoms. The van der Waals surface area contributed by atoms with E-state index in [2.05, 4.69) is 43.4 Å². The average Bonchev–Trinajstić information content (AvgIpc) is 3.06. The van der Waals surface area contributed by atoms with Crippen LogP contribution in [0.5, 0.6) is 5.75 Å². The van der Waals surface area contributed by atoms with Crippen LogP contribution in [0.2, 0.25) is 0 Å². The molecule has 3 rings (SSSR count). The standard InChI is InChI=1S/C17H12I2N4O3S/c1-8(24)20-11-4-2-9(3-5-11)16-22-23-17(27-16)21-15(26)12-6-10(18)7-13(19)14(12)25/h2-7,25H,1H3,(H,20,24)(H,21,23,26). The van der Waals surface area contributed by atoms with E-state index in [0.717, 1.165) is 9.13 Å². The smallest absolute Gasteiger partial charge is 0.261 e. The molecule has 138 valence electrons. The Kier molecular flexibility index (Phi) is 6.26. The SMILES string of the molecule is CC(=O)Nc1ccc(-c2nnc(NC(=O)c3cc(I)cc(I)c3O)s2)cc1. The van der Waals surface area contributed by atoms with Crippen molar-refractivity contribution >= 4 is 79.2 Å². The molecule has 0 radical (unpaired) electrons. The van der Waals surface area contributed by atoms with E-state index in [1.807, 2.05) is 34.7 Å². The van der Waals surface area contributed by atoms with Gasteiger partial charge in [0.05, 0.1) is 9.13 Å². The maximum atomic E-state index is 12.5. The normalized spacial score (nSPS) is 10.5. The number of benzene rings is 2. The molecule has 0 aliphatic heterocycles. The van der Waals surface area contributed by atoms with Gasteiger partial charge in [-0.1, -0.05) is 11.3 Å². The van der Waals surface area contributed by atoms with Crippen molar-refractivity contribution in [1.82, 2.24) is 10.2 Å². The number of phenolic OH excluding ortho intramolecular Hbond substituents is 1. The summed E-state index contributed by atoms with van der Waals surface area (Å²) in [7, 11) is 0. The average molecular weight is 606 g/mol. The molecule has 2 aromatic carbocycles. The van der Waals surface area contributed by atoms with Gasteiger partial charge < -0.3 is 10.4 Å². The van der Waals surface area contributed by atoms with E-state index in [1.54, 1.807) is 24.3 Å². The van der Waals surface area contributed by atoms with Crippen LogP contribution < -0.4 is 10.6 Å². The predicted octanol–water partition coefficient (Wildman–Crippen LogP) is 4.33. The zero-order valence-electron chi connectivity index (χ0n) is 13.8. The first kappa shape index (κ1) is 19.9. The van der Waals surface area contributed by atoms with E-state index >= 15 is 0 Å². The second kappa shape index (κ2) is 8.48. The van der Waals surface area contributed by atoms with E-state index < -0.39 is 5.91 Å². The first-order valence-electron chi connectivity index (χ1n) is 7.54. The van der Waals surface area contributed by atoms with Crippen LogP contribution in [0.25, 0.3) is 10.6 Å². The van der Waals surface area contributed by atoms with Gasteiger partial charge >= 0.3 is 0 Å². The number of hydrogen-bond acceptors (Lipinski definition) is 6. The summed E-state index contributed by atoms with van der Waals surface area (Å²) in [5.74, 6) is -0.656. The number of rotatable bonds is 4. The molecule has 0 bridgehead atoms. The van der Waals surface area contributed by atoms with E-state index in [0.29, 0.717) is 19.4 Å². The highest BCUT2D eigenvalue weighted by molar-refractivity contribution is 14.1. The Labute approximate surface area is 185 Å². The summed E-state index contributed by atoms with van der Waals surface area (Å²) in [5.41, 5.74) is 1.68. The molecule has 0 saturated heterocycles. The van der Waals surface area contributed by atoms with Gasteiger partial charge in [-0.05, 0) is 81.6 Å². The molecule has 2 amide bonds. The molecule has 0 atom stereocenters. The van der Waals surface area contributed by atoms with E-state index in [9.17, 15) is 14.7 Å². The van der Waals surface area contributed by atoms with Crippen molar-refractivity contribution in [3.63, 3.8) is 0 Å². The Hall–Kier alpha value is -1.80. The number of phenols is 1. The molecule has 0 aliphatic rings. The molecule has 10 heteroatoms. The number of carbonyl (C=O) groups excluding carboxylic acids is 2. The van der Waals surface area contributed by atoms with Gasteiger partial charge in [0.25, 0.3) is 5.91 Å². The third-order valence-electron chi connectivity index (χ3n) is 3.37. The lowest BCUT2D eigenvalue weighted by molar-refractivity contribution is -0.114. The summed E-state index contributed by atoms with van der Waals surface area (Å²) in [4.78, 5) is 23.5. The largest absolute Gasteiger partial charge is 0.506 e. The summed E-state index contributed by atoms with van der Waals surface area (Å²) in [5, 5.41) is 24.5. The Balaban J connectivity index is 1.76. The first-order valence-corrected chi connectivity index (χ1v) is 10.5. The summed E-state index contributed by atoms with van der Waals surface area (Å²) in [6.45, 7) is 1.44. The fourth-order valence-corrected chi connectivity index (χ4v) is 4.78. The summed E-state index contributed by atoms with van der Waals surface area (Å²) in [6.07, 6.45) is 0. The maximum Gasteiger partial charge on any atom is 0.261 e. The van der Waals surface area contributed by atoms with Crippen molar-refractivity contribution in [1.29, 1.82) is 0 Å². The van der Waals surface area contributed by atoms with E-state index in [1.165, 1.54) is 18.3 Å². The van der Waals surface area contributed by atoms with Crippen molar-refractivity contribution < 1.29 is 14.7 Å². The van der Waals surface area contributed by atoms with Gasteiger partial charge in [0.15, 0.2) is 0 Å². The number of aromatic nitrogens is 2. The van der Waals surface area contributed by atoms with Gasteiger partial charge in [0.1, 0.15) is 10.8 Å². The van der Waals surface area contributed by atoms with Crippen molar-refractivity contribution in [3.05, 3.63) is 49.1 Å². The molecule has 0 spiro atoms. The quantitative estimate of drug-likeness (QED) is 0.384. The number of nitrogens with zero attached hydrogens (tertiary/aromatic N) is 2. The highest BCUT2D eigenvalue weighted by Gasteiger charge is 2.17. The summed E-state index contributed by atoms with van der Waals surface area (Å²) in [6, 6.07) is 10.5. The predicted molar refractivity (Wildman–Crippen MR) is 121 cm³/mol. The maximum absolute atomic E-state index is 12.5. The van der Waals surface area contributed by atoms with Crippen LogP contribution in [0, 0.1) is 7.14 Å². The minimum atomic E-state index is -0.451. The Morgan fingerprint density at radius 1 is 1.07 bits per heavy atom. The lowest BCUT2D eigenvalue weighted by atomic mass is 10.2. The minimum Gasteiger partial charge on any atom is -0.506 e. The number of amides is 2. The monoisotopic (exact) mass is 606 g/mol. The first-order chi connectivity index (χ1) is 12.8. The van der Waals surface area contributed by atoms with Crippen LogP contribution in [0.1, 0.15) is 17.3 Å². The molecule has 1 aromatic heterocycles. The number of hydrogen-bond donors (Lipinski definition) is 3. The number of halogens is 2. The summed E-state index contributed by atoms with van der Waals surface area (Å²) < 4.78 is 1.44. The van der Waals surface area contributed by atoms with Crippen LogP contribution in [0.3, 0.4) is 0 Å². The van der Waals surface area contributed by atoms with Crippen LogP contribution in [0.4, 0.5) is 10.8 Å². The third-order valence-corrected chi connectivity index (χ3v) is 5.70. The fraction of sp³-hybridized carbons (Fsp3) is 0.0588. The highest BCUT2D eigenvalue weighted by atomic mass is 127.